The number of benzene rings is 1. The second kappa shape index (κ2) is 7.40. The number of aryl methyl sites for hydroxylation is 2. The second-order valence-electron chi connectivity index (χ2n) is 6.61. The molecule has 0 atom stereocenters. The van der Waals surface area contributed by atoms with Gasteiger partial charge in [0, 0.05) is 25.4 Å². The first-order valence-corrected chi connectivity index (χ1v) is 9.63. The summed E-state index contributed by atoms with van der Waals surface area (Å²) in [7, 11) is 1.65. The molecule has 0 radical (unpaired) electrons. The summed E-state index contributed by atoms with van der Waals surface area (Å²) >= 11 is 1.24. The van der Waals surface area contributed by atoms with Gasteiger partial charge in [0.15, 0.2) is 0 Å². The number of nitrogens with one attached hydrogen (secondary N) is 1. The molecule has 0 bridgehead atoms. The quantitative estimate of drug-likeness (QED) is 0.565. The first kappa shape index (κ1) is 18.1. The Balaban J connectivity index is 1.47. The van der Waals surface area contributed by atoms with E-state index in [2.05, 4.69) is 15.4 Å². The Bertz CT molecular complexity index is 1210. The van der Waals surface area contributed by atoms with Crippen molar-refractivity contribution < 1.29 is 4.79 Å². The van der Waals surface area contributed by atoms with Gasteiger partial charge < -0.3 is 9.88 Å². The van der Waals surface area contributed by atoms with Crippen molar-refractivity contribution in [3.63, 3.8) is 0 Å². The van der Waals surface area contributed by atoms with Crippen LogP contribution in [0.5, 0.6) is 0 Å². The van der Waals surface area contributed by atoms with Gasteiger partial charge in [0.05, 0.1) is 29.3 Å². The minimum absolute atomic E-state index is 0.139. The number of fused-ring (bicyclic) bond motifs is 1. The summed E-state index contributed by atoms with van der Waals surface area (Å²) in [6.45, 7) is 2.83. The summed E-state index contributed by atoms with van der Waals surface area (Å²) in [5, 5.41) is 7.77. The SMILES string of the molecule is Cc1c(C(=O)NCc2cnn(Cc3ccccc3)c2)sc2ncn(C)c(=O)c12. The van der Waals surface area contributed by atoms with E-state index in [1.165, 1.54) is 22.2 Å². The predicted molar refractivity (Wildman–Crippen MR) is 109 cm³/mol. The third-order valence-electron chi connectivity index (χ3n) is 4.54. The third-order valence-corrected chi connectivity index (χ3v) is 5.74. The van der Waals surface area contributed by atoms with E-state index in [1.54, 1.807) is 20.2 Å². The topological polar surface area (TPSA) is 81.8 Å². The Hall–Kier alpha value is -3.26. The van der Waals surface area contributed by atoms with Gasteiger partial charge in [-0.25, -0.2) is 4.98 Å². The monoisotopic (exact) mass is 393 g/mol. The third kappa shape index (κ3) is 3.46. The van der Waals surface area contributed by atoms with Gasteiger partial charge in [-0.15, -0.1) is 11.3 Å². The molecule has 4 rings (SSSR count). The van der Waals surface area contributed by atoms with E-state index in [0.29, 0.717) is 33.7 Å². The number of hydrogen-bond donors (Lipinski definition) is 1. The van der Waals surface area contributed by atoms with Crippen LogP contribution in [0.3, 0.4) is 0 Å². The number of nitrogens with zero attached hydrogens (tertiary/aromatic N) is 4. The lowest BCUT2D eigenvalue weighted by Crippen LogP contribution is -2.22. The lowest BCUT2D eigenvalue weighted by molar-refractivity contribution is 0.0954. The van der Waals surface area contributed by atoms with Crippen molar-refractivity contribution >= 4 is 27.5 Å². The predicted octanol–water partition coefficient (Wildman–Crippen LogP) is 2.48. The maximum atomic E-state index is 12.6. The fourth-order valence-electron chi connectivity index (χ4n) is 3.04. The zero-order valence-corrected chi connectivity index (χ0v) is 16.4. The van der Waals surface area contributed by atoms with E-state index in [4.69, 9.17) is 0 Å². The molecule has 8 heteroatoms. The van der Waals surface area contributed by atoms with Gasteiger partial charge in [-0.3, -0.25) is 14.3 Å². The second-order valence-corrected chi connectivity index (χ2v) is 7.61. The van der Waals surface area contributed by atoms with Gasteiger partial charge in [0.2, 0.25) is 0 Å². The minimum atomic E-state index is -0.210. The van der Waals surface area contributed by atoms with Gasteiger partial charge in [0.1, 0.15) is 4.83 Å². The number of carbonyl (C=O) groups is 1. The summed E-state index contributed by atoms with van der Waals surface area (Å²) in [5.41, 5.74) is 2.61. The molecule has 3 aromatic heterocycles. The smallest absolute Gasteiger partial charge is 0.262 e. The maximum Gasteiger partial charge on any atom is 0.262 e. The molecule has 1 aromatic carbocycles. The Morgan fingerprint density at radius 1 is 1.21 bits per heavy atom. The van der Waals surface area contributed by atoms with Crippen molar-refractivity contribution in [2.75, 3.05) is 0 Å². The number of rotatable bonds is 5. The van der Waals surface area contributed by atoms with Crippen LogP contribution in [-0.4, -0.2) is 25.2 Å². The summed E-state index contributed by atoms with van der Waals surface area (Å²) in [4.78, 5) is 30.3. The van der Waals surface area contributed by atoms with Crippen LogP contribution in [0.2, 0.25) is 0 Å². The van der Waals surface area contributed by atoms with Gasteiger partial charge in [-0.2, -0.15) is 5.10 Å². The number of amides is 1. The van der Waals surface area contributed by atoms with Crippen LogP contribution in [0.4, 0.5) is 0 Å². The van der Waals surface area contributed by atoms with E-state index in [-0.39, 0.29) is 11.5 Å². The lowest BCUT2D eigenvalue weighted by Gasteiger charge is -2.03. The zero-order chi connectivity index (χ0) is 19.7. The van der Waals surface area contributed by atoms with Crippen molar-refractivity contribution in [2.24, 2.45) is 7.05 Å². The Kier molecular flexibility index (Phi) is 4.79. The summed E-state index contributed by atoms with van der Waals surface area (Å²) in [6.07, 6.45) is 5.14. The Morgan fingerprint density at radius 3 is 2.79 bits per heavy atom. The average molecular weight is 393 g/mol. The van der Waals surface area contributed by atoms with Crippen molar-refractivity contribution in [2.45, 2.75) is 20.0 Å². The van der Waals surface area contributed by atoms with Crippen molar-refractivity contribution in [1.82, 2.24) is 24.6 Å². The van der Waals surface area contributed by atoms with E-state index in [0.717, 1.165) is 11.1 Å². The highest BCUT2D eigenvalue weighted by atomic mass is 32.1. The molecule has 0 saturated heterocycles. The van der Waals surface area contributed by atoms with E-state index < -0.39 is 0 Å². The van der Waals surface area contributed by atoms with Gasteiger partial charge in [-0.05, 0) is 18.1 Å². The number of hydrogen-bond acceptors (Lipinski definition) is 5. The molecular weight excluding hydrogens is 374 g/mol. The summed E-state index contributed by atoms with van der Waals surface area (Å²) < 4.78 is 3.26. The lowest BCUT2D eigenvalue weighted by atomic mass is 10.2. The molecular formula is C20H19N5O2S. The van der Waals surface area contributed by atoms with E-state index in [1.807, 2.05) is 41.2 Å². The average Bonchev–Trinajstić information content (AvgIpc) is 3.28. The molecule has 0 saturated carbocycles. The minimum Gasteiger partial charge on any atom is -0.347 e. The van der Waals surface area contributed by atoms with Gasteiger partial charge >= 0.3 is 0 Å². The summed E-state index contributed by atoms with van der Waals surface area (Å²) in [5.74, 6) is -0.210. The van der Waals surface area contributed by atoms with Crippen molar-refractivity contribution in [3.8, 4) is 0 Å². The van der Waals surface area contributed by atoms with Crippen LogP contribution >= 0.6 is 11.3 Å². The first-order chi connectivity index (χ1) is 13.5. The molecule has 0 unspecified atom stereocenters. The van der Waals surface area contributed by atoms with Gasteiger partial charge in [0.25, 0.3) is 11.5 Å². The zero-order valence-electron chi connectivity index (χ0n) is 15.5. The molecule has 0 aliphatic rings. The number of carbonyl (C=O) groups excluding carboxylic acids is 1. The molecule has 142 valence electrons. The Morgan fingerprint density at radius 2 is 2.00 bits per heavy atom. The molecule has 0 aliphatic heterocycles. The summed E-state index contributed by atoms with van der Waals surface area (Å²) in [6, 6.07) is 10.1. The molecule has 28 heavy (non-hydrogen) atoms. The highest BCUT2D eigenvalue weighted by Gasteiger charge is 2.19. The fraction of sp³-hybridized carbons (Fsp3) is 0.200. The van der Waals surface area contributed by atoms with Crippen LogP contribution in [-0.2, 0) is 20.1 Å². The van der Waals surface area contributed by atoms with E-state index in [9.17, 15) is 9.59 Å². The molecule has 1 amide bonds. The molecule has 7 nitrogen and oxygen atoms in total. The molecule has 3 heterocycles. The van der Waals surface area contributed by atoms with Crippen LogP contribution in [0.25, 0.3) is 10.2 Å². The fourth-order valence-corrected chi connectivity index (χ4v) is 4.10. The normalized spacial score (nSPS) is 11.1. The number of aromatic nitrogens is 4. The van der Waals surface area contributed by atoms with Crippen LogP contribution in [0, 0.1) is 6.92 Å². The van der Waals surface area contributed by atoms with Crippen LogP contribution < -0.4 is 10.9 Å². The molecule has 4 aromatic rings. The highest BCUT2D eigenvalue weighted by molar-refractivity contribution is 7.20. The maximum absolute atomic E-state index is 12.6. The molecule has 0 fully saturated rings. The molecule has 0 spiro atoms. The largest absolute Gasteiger partial charge is 0.347 e. The standard InChI is InChI=1S/C20H19N5O2S/c1-13-16-19(22-12-24(2)20(16)27)28-17(13)18(26)21-8-15-9-23-25(11-15)10-14-6-4-3-5-7-14/h3-7,9,11-12H,8,10H2,1-2H3,(H,21,26). The van der Waals surface area contributed by atoms with Crippen LogP contribution in [0.1, 0.15) is 26.4 Å². The van der Waals surface area contributed by atoms with Crippen molar-refractivity contribution in [3.05, 3.63) is 81.0 Å². The number of thiophene rings is 1. The molecule has 1 N–H and O–H groups in total. The first-order valence-electron chi connectivity index (χ1n) is 8.81. The van der Waals surface area contributed by atoms with Crippen molar-refractivity contribution in [1.29, 1.82) is 0 Å². The molecule has 0 aliphatic carbocycles. The van der Waals surface area contributed by atoms with E-state index >= 15 is 0 Å². The van der Waals surface area contributed by atoms with Gasteiger partial charge in [-0.1, -0.05) is 30.3 Å². The highest BCUT2D eigenvalue weighted by Crippen LogP contribution is 2.26. The van der Waals surface area contributed by atoms with Crippen LogP contribution in [0.15, 0.2) is 53.8 Å². The Labute approximate surface area is 165 Å².